The molecule has 0 radical (unpaired) electrons. The Bertz CT molecular complexity index is 167. The van der Waals surface area contributed by atoms with Gasteiger partial charge in [0.25, 0.3) is 0 Å². The quantitative estimate of drug-likeness (QED) is 0.536. The van der Waals surface area contributed by atoms with Gasteiger partial charge in [0, 0.05) is 6.20 Å². The second kappa shape index (κ2) is 3.70. The Hall–Kier alpha value is -0.270. The second-order valence-corrected chi connectivity index (χ2v) is 1.97. The molecular weight excluding hydrogens is 157 g/mol. The molecule has 0 saturated heterocycles. The number of pyridine rings is 1. The Balaban J connectivity index is 0.000000640. The predicted molar refractivity (Wildman–Crippen MR) is 41.2 cm³/mol. The molecule has 0 aliphatic rings. The largest absolute Gasteiger partial charge is 0.244 e. The highest BCUT2D eigenvalue weighted by Crippen LogP contribution is 2.07. The molecule has 0 saturated carbocycles. The van der Waals surface area contributed by atoms with Gasteiger partial charge in [-0.1, -0.05) is 17.7 Å². The van der Waals surface area contributed by atoms with Gasteiger partial charge in [0.2, 0.25) is 0 Å². The van der Waals surface area contributed by atoms with Crippen LogP contribution in [-0.2, 0) is 0 Å². The number of nitrogens with zero attached hydrogens (tertiary/aromatic N) is 1. The molecule has 50 valence electrons. The zero-order valence-electron chi connectivity index (χ0n) is 4.97. The summed E-state index contributed by atoms with van der Waals surface area (Å²) in [7, 11) is 0. The summed E-state index contributed by atoms with van der Waals surface area (Å²) in [6, 6.07) is 3.79. The summed E-state index contributed by atoms with van der Waals surface area (Å²) in [6.45, 7) is 1.93. The van der Waals surface area contributed by atoms with Gasteiger partial charge in [0.05, 0.1) is 0 Å². The fraction of sp³-hybridized carbons (Fsp3) is 0.167. The standard InChI is InChI=1S/C6H6ClN.ClH/c1-5-3-2-4-8-6(5)7;/h2-4H,1H3;1H. The van der Waals surface area contributed by atoms with Gasteiger partial charge in [-0.15, -0.1) is 12.4 Å². The van der Waals surface area contributed by atoms with Crippen molar-refractivity contribution in [1.29, 1.82) is 0 Å². The number of hydrogen-bond acceptors (Lipinski definition) is 1. The average Bonchev–Trinajstić information content (AvgIpc) is 1.77. The zero-order chi connectivity index (χ0) is 5.98. The number of hydrogen-bond donors (Lipinski definition) is 0. The normalized spacial score (nSPS) is 8.22. The van der Waals surface area contributed by atoms with Crippen molar-refractivity contribution in [1.82, 2.24) is 4.98 Å². The minimum absolute atomic E-state index is 0. The van der Waals surface area contributed by atoms with Crippen LogP contribution in [0.1, 0.15) is 5.56 Å². The zero-order valence-corrected chi connectivity index (χ0v) is 6.54. The van der Waals surface area contributed by atoms with Crippen LogP contribution in [0, 0.1) is 6.92 Å². The van der Waals surface area contributed by atoms with Crippen LogP contribution in [-0.4, -0.2) is 4.98 Å². The van der Waals surface area contributed by atoms with Gasteiger partial charge < -0.3 is 0 Å². The topological polar surface area (TPSA) is 12.9 Å². The van der Waals surface area contributed by atoms with Crippen LogP contribution in [0.25, 0.3) is 0 Å². The summed E-state index contributed by atoms with van der Waals surface area (Å²) in [4.78, 5) is 3.84. The van der Waals surface area contributed by atoms with Crippen molar-refractivity contribution in [3.8, 4) is 0 Å². The van der Waals surface area contributed by atoms with Crippen molar-refractivity contribution in [2.24, 2.45) is 0 Å². The van der Waals surface area contributed by atoms with Crippen LogP contribution < -0.4 is 0 Å². The third-order valence-corrected chi connectivity index (χ3v) is 1.34. The van der Waals surface area contributed by atoms with Gasteiger partial charge in [-0.2, -0.15) is 0 Å². The number of rotatable bonds is 0. The molecule has 1 aromatic heterocycles. The third kappa shape index (κ3) is 2.20. The first-order chi connectivity index (χ1) is 3.80. The molecule has 0 bridgehead atoms. The number of aromatic nitrogens is 1. The lowest BCUT2D eigenvalue weighted by Gasteiger charge is -1.89. The Kier molecular flexibility index (Phi) is 3.59. The molecule has 1 nitrogen and oxygen atoms in total. The van der Waals surface area contributed by atoms with Gasteiger partial charge in [0.15, 0.2) is 0 Å². The van der Waals surface area contributed by atoms with Gasteiger partial charge >= 0.3 is 0 Å². The summed E-state index contributed by atoms with van der Waals surface area (Å²) < 4.78 is 0. The maximum atomic E-state index is 5.60. The molecule has 9 heavy (non-hydrogen) atoms. The number of aryl methyl sites for hydroxylation is 1. The van der Waals surface area contributed by atoms with E-state index < -0.39 is 0 Å². The highest BCUT2D eigenvalue weighted by atomic mass is 35.5. The van der Waals surface area contributed by atoms with E-state index >= 15 is 0 Å². The summed E-state index contributed by atoms with van der Waals surface area (Å²) in [5, 5.41) is 0.590. The lowest BCUT2D eigenvalue weighted by atomic mass is 10.3. The molecule has 1 rings (SSSR count). The number of halogens is 2. The maximum Gasteiger partial charge on any atom is 0.131 e. The Morgan fingerprint density at radius 3 is 2.56 bits per heavy atom. The van der Waals surface area contributed by atoms with E-state index in [1.807, 2.05) is 19.1 Å². The van der Waals surface area contributed by atoms with Crippen LogP contribution in [0.2, 0.25) is 5.15 Å². The van der Waals surface area contributed by atoms with Crippen molar-refractivity contribution in [3.05, 3.63) is 29.0 Å². The van der Waals surface area contributed by atoms with Gasteiger partial charge in [0.1, 0.15) is 5.15 Å². The monoisotopic (exact) mass is 163 g/mol. The lowest BCUT2D eigenvalue weighted by molar-refractivity contribution is 1.27. The smallest absolute Gasteiger partial charge is 0.131 e. The molecule has 0 N–H and O–H groups in total. The predicted octanol–water partition coefficient (Wildman–Crippen LogP) is 2.47. The van der Waals surface area contributed by atoms with E-state index in [9.17, 15) is 0 Å². The Morgan fingerprint density at radius 1 is 1.56 bits per heavy atom. The van der Waals surface area contributed by atoms with E-state index in [2.05, 4.69) is 4.98 Å². The maximum absolute atomic E-state index is 5.60. The molecule has 0 amide bonds. The second-order valence-electron chi connectivity index (χ2n) is 1.61. The Labute approximate surface area is 65.5 Å². The van der Waals surface area contributed by atoms with Crippen LogP contribution in [0.4, 0.5) is 0 Å². The van der Waals surface area contributed by atoms with Crippen molar-refractivity contribution < 1.29 is 0 Å². The molecule has 0 atom stereocenters. The highest BCUT2D eigenvalue weighted by Gasteiger charge is 1.88. The molecule has 0 aliphatic carbocycles. The van der Waals surface area contributed by atoms with E-state index in [-0.39, 0.29) is 12.4 Å². The molecule has 1 aromatic rings. The van der Waals surface area contributed by atoms with Crippen molar-refractivity contribution >= 4 is 24.0 Å². The van der Waals surface area contributed by atoms with Gasteiger partial charge in [-0.25, -0.2) is 4.98 Å². The summed E-state index contributed by atoms with van der Waals surface area (Å²) in [6.07, 6.45) is 1.68. The highest BCUT2D eigenvalue weighted by molar-refractivity contribution is 6.30. The molecule has 0 fully saturated rings. The first-order valence-corrected chi connectivity index (χ1v) is 2.75. The van der Waals surface area contributed by atoms with Gasteiger partial charge in [-0.05, 0) is 18.6 Å². The van der Waals surface area contributed by atoms with Crippen molar-refractivity contribution in [3.63, 3.8) is 0 Å². The van der Waals surface area contributed by atoms with E-state index in [1.165, 1.54) is 0 Å². The van der Waals surface area contributed by atoms with Crippen LogP contribution in [0.3, 0.4) is 0 Å². The first kappa shape index (κ1) is 8.73. The molecule has 3 heteroatoms. The molecule has 0 aliphatic heterocycles. The van der Waals surface area contributed by atoms with E-state index in [0.717, 1.165) is 5.56 Å². The van der Waals surface area contributed by atoms with E-state index in [4.69, 9.17) is 11.6 Å². The first-order valence-electron chi connectivity index (χ1n) is 2.38. The average molecular weight is 164 g/mol. The van der Waals surface area contributed by atoms with Crippen molar-refractivity contribution in [2.75, 3.05) is 0 Å². The van der Waals surface area contributed by atoms with Crippen LogP contribution in [0.5, 0.6) is 0 Å². The summed E-state index contributed by atoms with van der Waals surface area (Å²) in [5.74, 6) is 0. The minimum atomic E-state index is 0. The van der Waals surface area contributed by atoms with Crippen LogP contribution in [0.15, 0.2) is 18.3 Å². The summed E-state index contributed by atoms with van der Waals surface area (Å²) in [5.41, 5.74) is 1.02. The SMILES string of the molecule is Cc1cccnc1Cl.Cl. The lowest BCUT2D eigenvalue weighted by Crippen LogP contribution is -1.75. The van der Waals surface area contributed by atoms with Gasteiger partial charge in [-0.3, -0.25) is 0 Å². The molecular formula is C6H7Cl2N. The molecule has 0 aromatic carbocycles. The fourth-order valence-electron chi connectivity index (χ4n) is 0.466. The third-order valence-electron chi connectivity index (χ3n) is 0.946. The molecule has 0 spiro atoms. The van der Waals surface area contributed by atoms with E-state index in [1.54, 1.807) is 6.20 Å². The molecule has 1 heterocycles. The fourth-order valence-corrected chi connectivity index (χ4v) is 0.586. The van der Waals surface area contributed by atoms with Crippen LogP contribution >= 0.6 is 24.0 Å². The summed E-state index contributed by atoms with van der Waals surface area (Å²) >= 11 is 5.60. The minimum Gasteiger partial charge on any atom is -0.244 e. The van der Waals surface area contributed by atoms with Crippen molar-refractivity contribution in [2.45, 2.75) is 6.92 Å². The Morgan fingerprint density at radius 2 is 2.22 bits per heavy atom. The van der Waals surface area contributed by atoms with E-state index in [0.29, 0.717) is 5.15 Å². The molecule has 0 unspecified atom stereocenters.